The molecule has 19 heavy (non-hydrogen) atoms. The van der Waals surface area contributed by atoms with Crippen LogP contribution in [0.1, 0.15) is 46.5 Å². The van der Waals surface area contributed by atoms with Crippen LogP contribution in [0.4, 0.5) is 4.39 Å². The monoisotopic (exact) mass is 270 g/mol. The lowest BCUT2D eigenvalue weighted by molar-refractivity contribution is -0.122. The highest BCUT2D eigenvalue weighted by molar-refractivity contribution is 5.75. The Morgan fingerprint density at radius 1 is 1.42 bits per heavy atom. The minimum atomic E-state index is -0.633. The van der Waals surface area contributed by atoms with Crippen LogP contribution in [0.15, 0.2) is 4.99 Å². The van der Waals surface area contributed by atoms with Crippen molar-refractivity contribution in [3.8, 4) is 0 Å². The Morgan fingerprint density at radius 2 is 2.11 bits per heavy atom. The number of aliphatic imine (C=N–C) groups is 1. The number of rotatable bonds is 5. The molecule has 0 spiro atoms. The molecule has 2 unspecified atom stereocenters. The Kier molecular flexibility index (Phi) is 5.24. The van der Waals surface area contributed by atoms with E-state index in [4.69, 9.17) is 0 Å². The fourth-order valence-corrected chi connectivity index (χ4v) is 3.37. The molecule has 1 aliphatic rings. The molecule has 0 aliphatic heterocycles. The Balaban J connectivity index is 2.67. The van der Waals surface area contributed by atoms with Gasteiger partial charge < -0.3 is 5.32 Å². The summed E-state index contributed by atoms with van der Waals surface area (Å²) < 4.78 is 12.1. The first-order valence-electron chi connectivity index (χ1n) is 6.70. The molecule has 0 aromatic carbocycles. The quantitative estimate of drug-likeness (QED) is 0.616. The van der Waals surface area contributed by atoms with E-state index in [0.717, 1.165) is 19.3 Å². The summed E-state index contributed by atoms with van der Waals surface area (Å²) in [7, 11) is 0. The summed E-state index contributed by atoms with van der Waals surface area (Å²) in [5.41, 5.74) is -0.0401. The molecule has 1 saturated carbocycles. The van der Waals surface area contributed by atoms with Gasteiger partial charge in [0.15, 0.2) is 0 Å². The summed E-state index contributed by atoms with van der Waals surface area (Å²) >= 11 is 0. The second kappa shape index (κ2) is 6.29. The fourth-order valence-electron chi connectivity index (χ4n) is 3.37. The predicted molar refractivity (Wildman–Crippen MR) is 71.3 cm³/mol. The number of amides is 1. The molecule has 5 heteroatoms. The standard InChI is InChI=1S/C14H23FN2O2/c1-13(2)6-11(17-10-18)7-14(3,8-13)9-16-12(19)4-5-15/h11H,4-9H2,1-3H3,(H,16,19). The highest BCUT2D eigenvalue weighted by Gasteiger charge is 2.41. The molecule has 0 radical (unpaired) electrons. The zero-order valence-corrected chi connectivity index (χ0v) is 12.0. The number of carbonyl (C=O) groups is 1. The van der Waals surface area contributed by atoms with Gasteiger partial charge in [-0.05, 0) is 30.1 Å². The summed E-state index contributed by atoms with van der Waals surface area (Å²) in [6.07, 6.45) is 4.10. The number of isocyanates is 1. The minimum absolute atomic E-state index is 0.0377. The zero-order chi connectivity index (χ0) is 14.5. The van der Waals surface area contributed by atoms with Gasteiger partial charge in [0.2, 0.25) is 12.0 Å². The summed E-state index contributed by atoms with van der Waals surface area (Å²) in [5, 5.41) is 2.78. The average molecular weight is 270 g/mol. The van der Waals surface area contributed by atoms with E-state index in [1.807, 2.05) is 0 Å². The van der Waals surface area contributed by atoms with E-state index in [0.29, 0.717) is 6.54 Å². The van der Waals surface area contributed by atoms with E-state index in [1.54, 1.807) is 6.08 Å². The average Bonchev–Trinajstić information content (AvgIpc) is 2.25. The van der Waals surface area contributed by atoms with Gasteiger partial charge in [-0.3, -0.25) is 9.18 Å². The number of hydrogen-bond donors (Lipinski definition) is 1. The molecular formula is C14H23FN2O2. The van der Waals surface area contributed by atoms with Crippen LogP contribution in [0.3, 0.4) is 0 Å². The number of nitrogens with zero attached hydrogens (tertiary/aromatic N) is 1. The topological polar surface area (TPSA) is 58.5 Å². The van der Waals surface area contributed by atoms with Crippen LogP contribution in [-0.2, 0) is 9.59 Å². The van der Waals surface area contributed by atoms with Crippen LogP contribution in [-0.4, -0.2) is 31.2 Å². The van der Waals surface area contributed by atoms with Crippen LogP contribution in [0.2, 0.25) is 0 Å². The molecule has 0 bridgehead atoms. The zero-order valence-electron chi connectivity index (χ0n) is 12.0. The van der Waals surface area contributed by atoms with Gasteiger partial charge in [0.05, 0.1) is 19.1 Å². The second-order valence-electron chi connectivity index (χ2n) is 6.65. The summed E-state index contributed by atoms with van der Waals surface area (Å²) in [6.45, 7) is 6.23. The third kappa shape index (κ3) is 5.11. The van der Waals surface area contributed by atoms with Crippen molar-refractivity contribution in [2.24, 2.45) is 15.8 Å². The first kappa shape index (κ1) is 15.8. The molecular weight excluding hydrogens is 247 g/mol. The van der Waals surface area contributed by atoms with E-state index in [-0.39, 0.29) is 29.2 Å². The molecule has 0 aromatic rings. The smallest absolute Gasteiger partial charge is 0.235 e. The second-order valence-corrected chi connectivity index (χ2v) is 6.65. The number of alkyl halides is 1. The molecule has 4 nitrogen and oxygen atoms in total. The highest BCUT2D eigenvalue weighted by Crippen LogP contribution is 2.46. The van der Waals surface area contributed by atoms with Gasteiger partial charge in [0.25, 0.3) is 0 Å². The number of hydrogen-bond acceptors (Lipinski definition) is 3. The first-order valence-corrected chi connectivity index (χ1v) is 6.70. The van der Waals surface area contributed by atoms with Crippen LogP contribution in [0.25, 0.3) is 0 Å². The normalized spacial score (nSPS) is 29.4. The van der Waals surface area contributed by atoms with Crippen molar-refractivity contribution in [1.29, 1.82) is 0 Å². The largest absolute Gasteiger partial charge is 0.355 e. The van der Waals surface area contributed by atoms with Crippen molar-refractivity contribution < 1.29 is 14.0 Å². The van der Waals surface area contributed by atoms with E-state index >= 15 is 0 Å². The number of nitrogens with one attached hydrogen (secondary N) is 1. The molecule has 2 atom stereocenters. The van der Waals surface area contributed by atoms with Crippen molar-refractivity contribution in [3.05, 3.63) is 0 Å². The SMILES string of the molecule is CC1(C)CC(N=C=O)CC(C)(CNC(=O)CCF)C1. The predicted octanol–water partition coefficient (Wildman–Crippen LogP) is 2.38. The summed E-state index contributed by atoms with van der Waals surface area (Å²) in [4.78, 5) is 25.7. The highest BCUT2D eigenvalue weighted by atomic mass is 19.1. The lowest BCUT2D eigenvalue weighted by Crippen LogP contribution is -2.44. The molecule has 1 N–H and O–H groups in total. The van der Waals surface area contributed by atoms with Crippen LogP contribution in [0, 0.1) is 10.8 Å². The molecule has 0 aromatic heterocycles. The molecule has 1 aliphatic carbocycles. The molecule has 1 amide bonds. The van der Waals surface area contributed by atoms with Crippen molar-refractivity contribution in [1.82, 2.24) is 5.32 Å². The first-order chi connectivity index (χ1) is 8.80. The van der Waals surface area contributed by atoms with E-state index in [9.17, 15) is 14.0 Å². The van der Waals surface area contributed by atoms with E-state index in [2.05, 4.69) is 31.1 Å². The van der Waals surface area contributed by atoms with Crippen molar-refractivity contribution in [2.75, 3.05) is 13.2 Å². The number of halogens is 1. The Morgan fingerprint density at radius 3 is 2.68 bits per heavy atom. The van der Waals surface area contributed by atoms with Crippen LogP contribution >= 0.6 is 0 Å². The van der Waals surface area contributed by atoms with Crippen molar-refractivity contribution in [2.45, 2.75) is 52.5 Å². The van der Waals surface area contributed by atoms with Crippen molar-refractivity contribution >= 4 is 12.0 Å². The Labute approximate surface area is 113 Å². The lowest BCUT2D eigenvalue weighted by atomic mass is 9.62. The maximum Gasteiger partial charge on any atom is 0.235 e. The Bertz CT molecular complexity index is 378. The number of carbonyl (C=O) groups excluding carboxylic acids is 2. The van der Waals surface area contributed by atoms with E-state index < -0.39 is 6.67 Å². The van der Waals surface area contributed by atoms with E-state index in [1.165, 1.54) is 0 Å². The fraction of sp³-hybridized carbons (Fsp3) is 0.857. The minimum Gasteiger partial charge on any atom is -0.355 e. The van der Waals surface area contributed by atoms with Crippen molar-refractivity contribution in [3.63, 3.8) is 0 Å². The lowest BCUT2D eigenvalue weighted by Gasteiger charge is -2.45. The van der Waals surface area contributed by atoms with Gasteiger partial charge in [-0.15, -0.1) is 0 Å². The van der Waals surface area contributed by atoms with Gasteiger partial charge in [-0.1, -0.05) is 20.8 Å². The van der Waals surface area contributed by atoms with Crippen LogP contribution in [0.5, 0.6) is 0 Å². The summed E-state index contributed by atoms with van der Waals surface area (Å²) in [6, 6.07) is -0.0377. The molecule has 0 heterocycles. The molecule has 1 rings (SSSR count). The molecule has 1 fully saturated rings. The van der Waals surface area contributed by atoms with Crippen LogP contribution < -0.4 is 5.32 Å². The molecule has 0 saturated heterocycles. The van der Waals surface area contributed by atoms with Gasteiger partial charge in [-0.25, -0.2) is 9.79 Å². The maximum absolute atomic E-state index is 12.1. The third-order valence-corrected chi connectivity index (χ3v) is 3.69. The van der Waals surface area contributed by atoms with Gasteiger partial charge in [0.1, 0.15) is 0 Å². The Hall–Kier alpha value is -1.22. The van der Waals surface area contributed by atoms with Gasteiger partial charge in [-0.2, -0.15) is 0 Å². The van der Waals surface area contributed by atoms with Gasteiger partial charge >= 0.3 is 0 Å². The van der Waals surface area contributed by atoms with Gasteiger partial charge in [0, 0.05) is 6.54 Å². The molecule has 108 valence electrons. The third-order valence-electron chi connectivity index (χ3n) is 3.69. The summed E-state index contributed by atoms with van der Waals surface area (Å²) in [5.74, 6) is -0.262. The maximum atomic E-state index is 12.1.